The van der Waals surface area contributed by atoms with Crippen LogP contribution < -0.4 is 5.73 Å². The predicted molar refractivity (Wildman–Crippen MR) is 56.2 cm³/mol. The largest absolute Gasteiger partial charge is 0.369 e. The molecule has 0 spiro atoms. The SMILES string of the molecule is CCc1ccc2n[nH]nc2c1CC(N)=O. The molecule has 78 valence electrons. The van der Waals surface area contributed by atoms with E-state index in [1.807, 2.05) is 19.1 Å². The molecule has 0 aliphatic heterocycles. The number of fused-ring (bicyclic) bond motifs is 1. The third-order valence-electron chi connectivity index (χ3n) is 2.42. The van der Waals surface area contributed by atoms with E-state index >= 15 is 0 Å². The van der Waals surface area contributed by atoms with Crippen molar-refractivity contribution in [3.05, 3.63) is 23.3 Å². The van der Waals surface area contributed by atoms with Crippen LogP contribution in [0, 0.1) is 0 Å². The maximum atomic E-state index is 11.0. The van der Waals surface area contributed by atoms with E-state index in [2.05, 4.69) is 15.4 Å². The zero-order valence-corrected chi connectivity index (χ0v) is 8.45. The second kappa shape index (κ2) is 3.68. The number of hydrogen-bond donors (Lipinski definition) is 2. The van der Waals surface area contributed by atoms with E-state index in [0.717, 1.165) is 28.6 Å². The molecule has 0 atom stereocenters. The van der Waals surface area contributed by atoms with Gasteiger partial charge in [-0.05, 0) is 23.6 Å². The molecule has 3 N–H and O–H groups in total. The molecule has 5 nitrogen and oxygen atoms in total. The van der Waals surface area contributed by atoms with E-state index in [1.165, 1.54) is 0 Å². The lowest BCUT2D eigenvalue weighted by Gasteiger charge is -2.05. The lowest BCUT2D eigenvalue weighted by molar-refractivity contribution is -0.117. The van der Waals surface area contributed by atoms with Crippen LogP contribution in [0.15, 0.2) is 12.1 Å². The van der Waals surface area contributed by atoms with Gasteiger partial charge in [0.25, 0.3) is 0 Å². The number of benzene rings is 1. The molecule has 5 heteroatoms. The summed E-state index contributed by atoms with van der Waals surface area (Å²) in [6.45, 7) is 2.03. The Kier molecular flexibility index (Phi) is 2.37. The van der Waals surface area contributed by atoms with Crippen molar-refractivity contribution in [1.82, 2.24) is 15.4 Å². The van der Waals surface area contributed by atoms with Crippen LogP contribution in [0.4, 0.5) is 0 Å². The Hall–Kier alpha value is -1.91. The molecule has 1 aromatic carbocycles. The van der Waals surface area contributed by atoms with Gasteiger partial charge in [-0.1, -0.05) is 13.0 Å². The van der Waals surface area contributed by atoms with Gasteiger partial charge in [-0.2, -0.15) is 15.4 Å². The smallest absolute Gasteiger partial charge is 0.221 e. The quantitative estimate of drug-likeness (QED) is 0.765. The third kappa shape index (κ3) is 1.68. The van der Waals surface area contributed by atoms with Gasteiger partial charge < -0.3 is 5.73 Å². The minimum atomic E-state index is -0.347. The summed E-state index contributed by atoms with van der Waals surface area (Å²) in [5.74, 6) is -0.347. The molecular formula is C10H12N4O. The molecule has 1 amide bonds. The summed E-state index contributed by atoms with van der Waals surface area (Å²) in [5.41, 5.74) is 8.70. The summed E-state index contributed by atoms with van der Waals surface area (Å²) in [7, 11) is 0. The zero-order valence-electron chi connectivity index (χ0n) is 8.45. The number of amides is 1. The average molecular weight is 204 g/mol. The summed E-state index contributed by atoms with van der Waals surface area (Å²) in [6.07, 6.45) is 1.07. The summed E-state index contributed by atoms with van der Waals surface area (Å²) in [6, 6.07) is 3.85. The van der Waals surface area contributed by atoms with Gasteiger partial charge in [0, 0.05) is 0 Å². The number of nitrogens with two attached hydrogens (primary N) is 1. The molecule has 1 aromatic heterocycles. The van der Waals surface area contributed by atoms with Gasteiger partial charge in [0.05, 0.1) is 6.42 Å². The monoisotopic (exact) mass is 204 g/mol. The van der Waals surface area contributed by atoms with Gasteiger partial charge in [-0.15, -0.1) is 0 Å². The van der Waals surface area contributed by atoms with Crippen LogP contribution in [0.1, 0.15) is 18.1 Å². The molecule has 0 saturated carbocycles. The van der Waals surface area contributed by atoms with E-state index < -0.39 is 0 Å². The molecule has 2 aromatic rings. The van der Waals surface area contributed by atoms with E-state index in [1.54, 1.807) is 0 Å². The first-order valence-electron chi connectivity index (χ1n) is 4.82. The Balaban J connectivity index is 2.62. The molecule has 0 radical (unpaired) electrons. The standard InChI is InChI=1S/C10H12N4O/c1-2-6-3-4-8-10(13-14-12-8)7(6)5-9(11)15/h3-4H,2,5H2,1H3,(H2,11,15)(H,12,13,14). The van der Waals surface area contributed by atoms with E-state index in [-0.39, 0.29) is 12.3 Å². The van der Waals surface area contributed by atoms with Gasteiger partial charge in [0.15, 0.2) is 0 Å². The van der Waals surface area contributed by atoms with Crippen molar-refractivity contribution in [2.75, 3.05) is 0 Å². The minimum absolute atomic E-state index is 0.215. The summed E-state index contributed by atoms with van der Waals surface area (Å²) < 4.78 is 0. The van der Waals surface area contributed by atoms with Crippen LogP contribution >= 0.6 is 0 Å². The number of rotatable bonds is 3. The van der Waals surface area contributed by atoms with E-state index in [9.17, 15) is 4.79 Å². The van der Waals surface area contributed by atoms with Crippen molar-refractivity contribution < 1.29 is 4.79 Å². The Bertz CT molecular complexity index is 503. The Morgan fingerprint density at radius 3 is 2.93 bits per heavy atom. The number of primary amides is 1. The second-order valence-corrected chi connectivity index (χ2v) is 3.39. The molecule has 0 fully saturated rings. The fraction of sp³-hybridized carbons (Fsp3) is 0.300. The van der Waals surface area contributed by atoms with Gasteiger partial charge in [0.1, 0.15) is 11.0 Å². The third-order valence-corrected chi connectivity index (χ3v) is 2.42. The van der Waals surface area contributed by atoms with Crippen molar-refractivity contribution in [3.63, 3.8) is 0 Å². The highest BCUT2D eigenvalue weighted by atomic mass is 16.1. The molecule has 0 aliphatic carbocycles. The fourth-order valence-electron chi connectivity index (χ4n) is 1.71. The number of H-pyrrole nitrogens is 1. The first kappa shape index (κ1) is 9.64. The maximum absolute atomic E-state index is 11.0. The maximum Gasteiger partial charge on any atom is 0.221 e. The predicted octanol–water partition coefficient (Wildman–Crippen LogP) is 0.548. The molecule has 2 rings (SSSR count). The van der Waals surface area contributed by atoms with Crippen molar-refractivity contribution in [1.29, 1.82) is 0 Å². The zero-order chi connectivity index (χ0) is 10.8. The minimum Gasteiger partial charge on any atom is -0.369 e. The molecule has 0 unspecified atom stereocenters. The highest BCUT2D eigenvalue weighted by molar-refractivity contribution is 5.86. The van der Waals surface area contributed by atoms with Gasteiger partial charge in [0.2, 0.25) is 5.91 Å². The summed E-state index contributed by atoms with van der Waals surface area (Å²) >= 11 is 0. The highest BCUT2D eigenvalue weighted by Gasteiger charge is 2.11. The van der Waals surface area contributed by atoms with Gasteiger partial charge in [-0.3, -0.25) is 4.79 Å². The van der Waals surface area contributed by atoms with Crippen LogP contribution in [-0.4, -0.2) is 21.3 Å². The van der Waals surface area contributed by atoms with E-state index in [0.29, 0.717) is 0 Å². The molecule has 0 aliphatic rings. The second-order valence-electron chi connectivity index (χ2n) is 3.39. The Morgan fingerprint density at radius 2 is 2.27 bits per heavy atom. The number of hydrogen-bond acceptors (Lipinski definition) is 3. The summed E-state index contributed by atoms with van der Waals surface area (Å²) in [5, 5.41) is 10.6. The van der Waals surface area contributed by atoms with Gasteiger partial charge >= 0.3 is 0 Å². The molecule has 0 saturated heterocycles. The number of aryl methyl sites for hydroxylation is 1. The number of aromatic nitrogens is 3. The number of carbonyl (C=O) groups is 1. The van der Waals surface area contributed by atoms with Crippen LogP contribution in [0.2, 0.25) is 0 Å². The van der Waals surface area contributed by atoms with E-state index in [4.69, 9.17) is 5.73 Å². The first-order chi connectivity index (χ1) is 7.22. The van der Waals surface area contributed by atoms with Crippen LogP contribution in [-0.2, 0) is 17.6 Å². The topological polar surface area (TPSA) is 84.7 Å². The molecule has 15 heavy (non-hydrogen) atoms. The van der Waals surface area contributed by atoms with Crippen LogP contribution in [0.3, 0.4) is 0 Å². The first-order valence-corrected chi connectivity index (χ1v) is 4.82. The number of aromatic amines is 1. The number of nitrogens with one attached hydrogen (secondary N) is 1. The highest BCUT2D eigenvalue weighted by Crippen LogP contribution is 2.19. The Morgan fingerprint density at radius 1 is 1.47 bits per heavy atom. The number of carbonyl (C=O) groups excluding carboxylic acids is 1. The lowest BCUT2D eigenvalue weighted by atomic mass is 10.0. The van der Waals surface area contributed by atoms with Crippen molar-refractivity contribution >= 4 is 16.9 Å². The van der Waals surface area contributed by atoms with Crippen LogP contribution in [0.5, 0.6) is 0 Å². The molecular weight excluding hydrogens is 192 g/mol. The number of nitrogens with zero attached hydrogens (tertiary/aromatic N) is 2. The van der Waals surface area contributed by atoms with Crippen molar-refractivity contribution in [2.24, 2.45) is 5.73 Å². The fourth-order valence-corrected chi connectivity index (χ4v) is 1.71. The van der Waals surface area contributed by atoms with Crippen LogP contribution in [0.25, 0.3) is 11.0 Å². The average Bonchev–Trinajstić information content (AvgIpc) is 2.65. The normalized spacial score (nSPS) is 10.7. The van der Waals surface area contributed by atoms with Crippen molar-refractivity contribution in [3.8, 4) is 0 Å². The summed E-state index contributed by atoms with van der Waals surface area (Å²) in [4.78, 5) is 11.0. The molecule has 1 heterocycles. The van der Waals surface area contributed by atoms with Crippen molar-refractivity contribution in [2.45, 2.75) is 19.8 Å². The molecule has 0 bridgehead atoms. The van der Waals surface area contributed by atoms with Gasteiger partial charge in [-0.25, -0.2) is 0 Å². The lowest BCUT2D eigenvalue weighted by Crippen LogP contribution is -2.15. The Labute approximate surface area is 86.7 Å².